The summed E-state index contributed by atoms with van der Waals surface area (Å²) < 4.78 is 22.6. The summed E-state index contributed by atoms with van der Waals surface area (Å²) in [5.74, 6) is -0.144. The van der Waals surface area contributed by atoms with Crippen LogP contribution >= 0.6 is 0 Å². The molecule has 0 fully saturated rings. The standard InChI is InChI=1S/C19H16N2O3S/c20-18-4-2-1-3-17(18)19(22)15-7-5-13(6-8-15)14-9-11-16(12-10-14)25(21,23)24/h1-12H,20H2,(H2,21,23,24). The van der Waals surface area contributed by atoms with Gasteiger partial charge in [0.25, 0.3) is 0 Å². The maximum absolute atomic E-state index is 12.5. The Kier molecular flexibility index (Phi) is 4.39. The molecule has 0 aliphatic heterocycles. The zero-order valence-corrected chi connectivity index (χ0v) is 14.0. The monoisotopic (exact) mass is 352 g/mol. The zero-order chi connectivity index (χ0) is 18.0. The summed E-state index contributed by atoms with van der Waals surface area (Å²) in [6.45, 7) is 0. The number of hydrogen-bond donors (Lipinski definition) is 2. The van der Waals surface area contributed by atoms with Crippen molar-refractivity contribution in [3.8, 4) is 11.1 Å². The molecule has 0 heterocycles. The summed E-state index contributed by atoms with van der Waals surface area (Å²) in [4.78, 5) is 12.6. The Morgan fingerprint density at radius 2 is 1.28 bits per heavy atom. The van der Waals surface area contributed by atoms with Gasteiger partial charge in [0.15, 0.2) is 5.78 Å². The predicted molar refractivity (Wildman–Crippen MR) is 97.5 cm³/mol. The van der Waals surface area contributed by atoms with Crippen molar-refractivity contribution >= 4 is 21.5 Å². The van der Waals surface area contributed by atoms with Crippen LogP contribution in [0, 0.1) is 0 Å². The van der Waals surface area contributed by atoms with Crippen molar-refractivity contribution in [2.75, 3.05) is 5.73 Å². The van der Waals surface area contributed by atoms with Gasteiger partial charge in [-0.2, -0.15) is 0 Å². The number of primary sulfonamides is 1. The highest BCUT2D eigenvalue weighted by Gasteiger charge is 2.12. The van der Waals surface area contributed by atoms with Crippen molar-refractivity contribution < 1.29 is 13.2 Å². The molecule has 3 aromatic rings. The lowest BCUT2D eigenvalue weighted by atomic mass is 9.98. The van der Waals surface area contributed by atoms with Gasteiger partial charge in [-0.05, 0) is 35.4 Å². The molecular weight excluding hydrogens is 336 g/mol. The molecule has 0 aromatic heterocycles. The highest BCUT2D eigenvalue weighted by Crippen LogP contribution is 2.23. The number of hydrogen-bond acceptors (Lipinski definition) is 4. The predicted octanol–water partition coefficient (Wildman–Crippen LogP) is 2.81. The lowest BCUT2D eigenvalue weighted by Crippen LogP contribution is -2.11. The van der Waals surface area contributed by atoms with Gasteiger partial charge in [0.05, 0.1) is 4.90 Å². The van der Waals surface area contributed by atoms with E-state index < -0.39 is 10.0 Å². The fraction of sp³-hybridized carbons (Fsp3) is 0. The largest absolute Gasteiger partial charge is 0.398 e. The first-order valence-electron chi connectivity index (χ1n) is 7.49. The molecular formula is C19H16N2O3S. The van der Waals surface area contributed by atoms with Crippen LogP contribution in [-0.4, -0.2) is 14.2 Å². The summed E-state index contributed by atoms with van der Waals surface area (Å²) in [5.41, 5.74) is 8.97. The van der Waals surface area contributed by atoms with Crippen LogP contribution in [0.5, 0.6) is 0 Å². The second kappa shape index (κ2) is 6.51. The Morgan fingerprint density at radius 3 is 1.80 bits per heavy atom. The SMILES string of the molecule is Nc1ccccc1C(=O)c1ccc(-c2ccc(S(N)(=O)=O)cc2)cc1. The Hall–Kier alpha value is -2.96. The van der Waals surface area contributed by atoms with Crippen LogP contribution in [0.2, 0.25) is 0 Å². The molecule has 0 saturated carbocycles. The van der Waals surface area contributed by atoms with Crippen LogP contribution in [0.15, 0.2) is 77.7 Å². The van der Waals surface area contributed by atoms with Gasteiger partial charge in [0, 0.05) is 16.8 Å². The van der Waals surface area contributed by atoms with E-state index in [-0.39, 0.29) is 10.7 Å². The highest BCUT2D eigenvalue weighted by atomic mass is 32.2. The molecule has 25 heavy (non-hydrogen) atoms. The minimum Gasteiger partial charge on any atom is -0.398 e. The molecule has 6 heteroatoms. The van der Waals surface area contributed by atoms with E-state index in [0.717, 1.165) is 11.1 Å². The fourth-order valence-corrected chi connectivity index (χ4v) is 3.03. The number of carbonyl (C=O) groups is 1. The van der Waals surface area contributed by atoms with Crippen LogP contribution in [0.25, 0.3) is 11.1 Å². The number of nitrogen functional groups attached to an aromatic ring is 1. The van der Waals surface area contributed by atoms with Gasteiger partial charge in [-0.3, -0.25) is 4.79 Å². The topological polar surface area (TPSA) is 103 Å². The Bertz CT molecular complexity index is 1030. The first-order valence-corrected chi connectivity index (χ1v) is 9.03. The van der Waals surface area contributed by atoms with Gasteiger partial charge in [-0.15, -0.1) is 0 Å². The van der Waals surface area contributed by atoms with E-state index in [1.807, 2.05) is 0 Å². The van der Waals surface area contributed by atoms with Crippen molar-refractivity contribution in [2.24, 2.45) is 5.14 Å². The molecule has 0 amide bonds. The maximum Gasteiger partial charge on any atom is 0.238 e. The van der Waals surface area contributed by atoms with Crippen LogP contribution in [0.4, 0.5) is 5.69 Å². The molecule has 5 nitrogen and oxygen atoms in total. The van der Waals surface area contributed by atoms with Gasteiger partial charge in [0.1, 0.15) is 0 Å². The number of rotatable bonds is 4. The first-order chi connectivity index (χ1) is 11.9. The lowest BCUT2D eigenvalue weighted by Gasteiger charge is -2.07. The number of sulfonamides is 1. The Balaban J connectivity index is 1.88. The van der Waals surface area contributed by atoms with E-state index in [1.165, 1.54) is 12.1 Å². The van der Waals surface area contributed by atoms with Crippen molar-refractivity contribution in [1.29, 1.82) is 0 Å². The molecule has 3 aromatic carbocycles. The number of benzene rings is 3. The smallest absolute Gasteiger partial charge is 0.238 e. The lowest BCUT2D eigenvalue weighted by molar-refractivity contribution is 0.103. The minimum absolute atomic E-state index is 0.0580. The van der Waals surface area contributed by atoms with Gasteiger partial charge in [-0.25, -0.2) is 13.6 Å². The van der Waals surface area contributed by atoms with Crippen LogP contribution in [-0.2, 0) is 10.0 Å². The molecule has 0 aliphatic carbocycles. The number of ketones is 1. The molecule has 0 atom stereocenters. The van der Waals surface area contributed by atoms with Crippen LogP contribution in [0.3, 0.4) is 0 Å². The van der Waals surface area contributed by atoms with Gasteiger partial charge in [-0.1, -0.05) is 48.5 Å². The minimum atomic E-state index is -3.71. The van der Waals surface area contributed by atoms with E-state index in [0.29, 0.717) is 16.8 Å². The van der Waals surface area contributed by atoms with Crippen LogP contribution in [0.1, 0.15) is 15.9 Å². The van der Waals surface area contributed by atoms with E-state index in [2.05, 4.69) is 0 Å². The normalized spacial score (nSPS) is 11.2. The number of anilines is 1. The Morgan fingerprint density at radius 1 is 0.760 bits per heavy atom. The van der Waals surface area contributed by atoms with E-state index in [1.54, 1.807) is 60.7 Å². The summed E-state index contributed by atoms with van der Waals surface area (Å²) in [7, 11) is -3.71. The van der Waals surface area contributed by atoms with Gasteiger partial charge in [0.2, 0.25) is 10.0 Å². The van der Waals surface area contributed by atoms with Crippen LogP contribution < -0.4 is 10.9 Å². The van der Waals surface area contributed by atoms with E-state index >= 15 is 0 Å². The third kappa shape index (κ3) is 3.60. The Labute approximate surface area is 146 Å². The summed E-state index contributed by atoms with van der Waals surface area (Å²) in [6, 6.07) is 20.2. The average molecular weight is 352 g/mol. The molecule has 4 N–H and O–H groups in total. The fourth-order valence-electron chi connectivity index (χ4n) is 2.51. The zero-order valence-electron chi connectivity index (χ0n) is 13.2. The molecule has 0 radical (unpaired) electrons. The molecule has 3 rings (SSSR count). The molecule has 0 bridgehead atoms. The first kappa shape index (κ1) is 16.9. The van der Waals surface area contributed by atoms with E-state index in [9.17, 15) is 13.2 Å². The summed E-state index contributed by atoms with van der Waals surface area (Å²) >= 11 is 0. The summed E-state index contributed by atoms with van der Waals surface area (Å²) in [6.07, 6.45) is 0. The van der Waals surface area contributed by atoms with Crippen molar-refractivity contribution in [3.63, 3.8) is 0 Å². The number of carbonyl (C=O) groups excluding carboxylic acids is 1. The van der Waals surface area contributed by atoms with E-state index in [4.69, 9.17) is 10.9 Å². The molecule has 0 spiro atoms. The molecule has 0 saturated heterocycles. The van der Waals surface area contributed by atoms with Gasteiger partial charge < -0.3 is 5.73 Å². The summed E-state index contributed by atoms with van der Waals surface area (Å²) in [5, 5.41) is 5.09. The highest BCUT2D eigenvalue weighted by molar-refractivity contribution is 7.89. The maximum atomic E-state index is 12.5. The molecule has 126 valence electrons. The third-order valence-corrected chi connectivity index (χ3v) is 4.80. The molecule has 0 aliphatic rings. The molecule has 0 unspecified atom stereocenters. The second-order valence-corrected chi connectivity index (χ2v) is 7.12. The third-order valence-electron chi connectivity index (χ3n) is 3.87. The number of nitrogens with two attached hydrogens (primary N) is 2. The van der Waals surface area contributed by atoms with Crippen molar-refractivity contribution in [1.82, 2.24) is 0 Å². The number of para-hydroxylation sites is 1. The van der Waals surface area contributed by atoms with Gasteiger partial charge >= 0.3 is 0 Å². The quantitative estimate of drug-likeness (QED) is 0.556. The van der Waals surface area contributed by atoms with Crippen molar-refractivity contribution in [3.05, 3.63) is 83.9 Å². The second-order valence-electron chi connectivity index (χ2n) is 5.56. The van der Waals surface area contributed by atoms with Crippen molar-refractivity contribution in [2.45, 2.75) is 4.90 Å². The average Bonchev–Trinajstić information content (AvgIpc) is 2.61.